The van der Waals surface area contributed by atoms with E-state index in [4.69, 9.17) is 14.8 Å². The summed E-state index contributed by atoms with van der Waals surface area (Å²) in [4.78, 5) is 64.6. The van der Waals surface area contributed by atoms with Crippen LogP contribution in [0.1, 0.15) is 96.1 Å². The van der Waals surface area contributed by atoms with Gasteiger partial charge in [-0.05, 0) is 87.8 Å². The van der Waals surface area contributed by atoms with Gasteiger partial charge in [0.1, 0.15) is 12.1 Å². The van der Waals surface area contributed by atoms with Crippen LogP contribution >= 0.6 is 12.1 Å². The Hall–Kier alpha value is -3.99. The molecular weight excluding hydrogens is 791 g/mol. The first-order valence-corrected chi connectivity index (χ1v) is 23.7. The number of piperidine rings is 2. The largest absolute Gasteiger partial charge is 0.371 e. The fourth-order valence-electron chi connectivity index (χ4n) is 11.4. The van der Waals surface area contributed by atoms with E-state index in [0.717, 1.165) is 99.3 Å². The number of carbonyl (C=O) groups excluding carboxylic acids is 3. The number of imidazole rings is 1. The predicted octanol–water partition coefficient (Wildman–Crippen LogP) is 4.57. The highest BCUT2D eigenvalue weighted by atomic mass is 32.2. The molecule has 3 atom stereocenters. The molecule has 2 saturated carbocycles. The zero-order valence-corrected chi connectivity index (χ0v) is 37.4. The second-order valence-corrected chi connectivity index (χ2v) is 20.5. The lowest BCUT2D eigenvalue weighted by molar-refractivity contribution is -0.120. The van der Waals surface area contributed by atoms with Crippen molar-refractivity contribution in [1.29, 1.82) is 0 Å². The summed E-state index contributed by atoms with van der Waals surface area (Å²) < 4.78 is 8.48. The molecule has 3 unspecified atom stereocenters. The Morgan fingerprint density at radius 2 is 1.69 bits per heavy atom. The van der Waals surface area contributed by atoms with Gasteiger partial charge in [-0.15, -0.1) is 0 Å². The molecule has 61 heavy (non-hydrogen) atoms. The third kappa shape index (κ3) is 7.99. The molecule has 5 aliphatic heterocycles. The van der Waals surface area contributed by atoms with E-state index in [-0.39, 0.29) is 23.1 Å². The molecule has 10 rings (SSSR count). The highest BCUT2D eigenvalue weighted by Gasteiger charge is 2.62. The Morgan fingerprint density at radius 3 is 2.33 bits per heavy atom. The molecule has 2 N–H and O–H groups in total. The van der Waals surface area contributed by atoms with Crippen molar-refractivity contribution in [3.05, 3.63) is 40.4 Å². The molecule has 2 amide bonds. The number of rotatable bonds is 13. The van der Waals surface area contributed by atoms with E-state index in [1.165, 1.54) is 64.1 Å². The van der Waals surface area contributed by atoms with Crippen molar-refractivity contribution in [2.24, 2.45) is 24.3 Å². The van der Waals surface area contributed by atoms with Crippen LogP contribution in [0.15, 0.2) is 29.2 Å². The third-order valence-electron chi connectivity index (χ3n) is 15.0. The minimum absolute atomic E-state index is 0.116. The maximum atomic E-state index is 13.6. The van der Waals surface area contributed by atoms with Gasteiger partial charge < -0.3 is 25.2 Å². The van der Waals surface area contributed by atoms with Crippen LogP contribution in [0.5, 0.6) is 0 Å². The smallest absolute Gasteiger partial charge is 0.329 e. The minimum atomic E-state index is -0.415. The van der Waals surface area contributed by atoms with Gasteiger partial charge in [0.2, 0.25) is 18.3 Å². The summed E-state index contributed by atoms with van der Waals surface area (Å²) >= 11 is 1.95. The van der Waals surface area contributed by atoms with Crippen molar-refractivity contribution in [3.63, 3.8) is 0 Å². The standard InChI is InChI=1S/C43H60N10O3S.C2H5NO/c1-4-6-33(24-54)52-36-10-9-32(21-37(36)47(3)41(52)56)49-17-11-30(12-18-49)23-48-25-42(26-48)27-51(28-42)57-50-19-13-31(14-20-50)45-40-44-22-34-38(46-40)53(35-8-5-7-29(35)2)39(55)43(34)15-16-43;1-3-2-4/h9-10,21-22,24,29-31,33,35H,4-8,11-20,23,25-28H2,1-3H3,(H,44,45,46);2H,1H3,(H,3,4). The van der Waals surface area contributed by atoms with E-state index in [1.807, 2.05) is 38.4 Å². The summed E-state index contributed by atoms with van der Waals surface area (Å²) in [7, 11) is 3.38. The summed E-state index contributed by atoms with van der Waals surface area (Å²) in [6.45, 7) is 14.5. The molecule has 1 aromatic carbocycles. The second kappa shape index (κ2) is 17.3. The van der Waals surface area contributed by atoms with Crippen LogP contribution in [0.3, 0.4) is 0 Å². The van der Waals surface area contributed by atoms with Crippen LogP contribution < -0.4 is 26.1 Å². The Bertz CT molecular complexity index is 2140. The van der Waals surface area contributed by atoms with Gasteiger partial charge in [-0.3, -0.25) is 23.6 Å². The van der Waals surface area contributed by atoms with Crippen molar-refractivity contribution in [3.8, 4) is 0 Å². The maximum Gasteiger partial charge on any atom is 0.329 e. The first-order valence-electron chi connectivity index (χ1n) is 23.0. The number of fused-ring (bicyclic) bond motifs is 3. The van der Waals surface area contributed by atoms with Crippen molar-refractivity contribution >= 4 is 59.2 Å². The van der Waals surface area contributed by atoms with Gasteiger partial charge >= 0.3 is 5.69 Å². The molecule has 0 radical (unpaired) electrons. The van der Waals surface area contributed by atoms with Crippen LogP contribution in [-0.2, 0) is 26.8 Å². The van der Waals surface area contributed by atoms with Gasteiger partial charge in [-0.25, -0.2) is 18.4 Å². The second-order valence-electron chi connectivity index (χ2n) is 19.3. The highest BCUT2D eigenvalue weighted by molar-refractivity contribution is 7.94. The fourth-order valence-corrected chi connectivity index (χ4v) is 12.8. The van der Waals surface area contributed by atoms with Gasteiger partial charge in [0.15, 0.2) is 0 Å². The first kappa shape index (κ1) is 42.3. The lowest BCUT2D eigenvalue weighted by Crippen LogP contribution is -2.71. The number of aryl methyl sites for hydroxylation is 1. The number of aldehydes is 1. The molecule has 7 heterocycles. The van der Waals surface area contributed by atoms with Gasteiger partial charge in [-0.1, -0.05) is 26.7 Å². The van der Waals surface area contributed by atoms with E-state index < -0.39 is 6.04 Å². The van der Waals surface area contributed by atoms with Crippen LogP contribution in [0.25, 0.3) is 11.0 Å². The number of anilines is 3. The molecule has 4 saturated heterocycles. The summed E-state index contributed by atoms with van der Waals surface area (Å²) in [5.74, 6) is 3.10. The Balaban J connectivity index is 0.00000114. The van der Waals surface area contributed by atoms with Crippen LogP contribution in [0.4, 0.5) is 17.5 Å². The van der Waals surface area contributed by atoms with Crippen LogP contribution in [-0.4, -0.2) is 129 Å². The van der Waals surface area contributed by atoms with Gasteiger partial charge in [0.05, 0.1) is 22.5 Å². The molecule has 7 aliphatic rings. The van der Waals surface area contributed by atoms with Crippen molar-refractivity contribution in [2.45, 2.75) is 108 Å². The molecule has 16 heteroatoms. The van der Waals surface area contributed by atoms with Crippen molar-refractivity contribution < 1.29 is 14.4 Å². The van der Waals surface area contributed by atoms with Crippen LogP contribution in [0.2, 0.25) is 0 Å². The number of likely N-dealkylation sites (tertiary alicyclic amines) is 1. The van der Waals surface area contributed by atoms with E-state index in [2.05, 4.69) is 53.0 Å². The fraction of sp³-hybridized carbons (Fsp3) is 0.689. The van der Waals surface area contributed by atoms with Crippen molar-refractivity contribution in [2.75, 3.05) is 81.1 Å². The summed E-state index contributed by atoms with van der Waals surface area (Å²) in [6.07, 6.45) is 14.9. The SMILES string of the molecule is CCCC(C=O)n1c(=O)n(C)c2cc(N3CCC(CN4CC5(C4)CN(SN4CCC(Nc6ncc7c(n6)N(C6CCCC6C)C(=O)C76CC6)CC4)C5)CC3)ccc21.CNC=O. The molecule has 2 aliphatic carbocycles. The summed E-state index contributed by atoms with van der Waals surface area (Å²) in [6, 6.07) is 6.51. The lowest BCUT2D eigenvalue weighted by atomic mass is 9.74. The zero-order valence-electron chi connectivity index (χ0n) is 36.6. The number of aromatic nitrogens is 4. The normalized spacial score (nSPS) is 25.5. The average Bonchev–Trinajstić information content (AvgIpc) is 3.82. The number of hydrogen-bond donors (Lipinski definition) is 2. The molecular formula is C45H65N11O4S. The number of nitrogens with zero attached hydrogens (tertiary/aromatic N) is 9. The highest BCUT2D eigenvalue weighted by Crippen LogP contribution is 2.58. The first-order chi connectivity index (χ1) is 29.6. The molecule has 0 bridgehead atoms. The monoisotopic (exact) mass is 855 g/mol. The van der Waals surface area contributed by atoms with Gasteiger partial charge in [0.25, 0.3) is 0 Å². The molecule has 2 aromatic heterocycles. The van der Waals surface area contributed by atoms with Gasteiger partial charge in [-0.2, -0.15) is 4.98 Å². The molecule has 330 valence electrons. The van der Waals surface area contributed by atoms with E-state index in [1.54, 1.807) is 16.2 Å². The summed E-state index contributed by atoms with van der Waals surface area (Å²) in [5.41, 5.74) is 4.01. The number of benzene rings is 1. The van der Waals surface area contributed by atoms with Crippen molar-refractivity contribution in [1.82, 2.24) is 37.9 Å². The Labute approximate surface area is 364 Å². The Morgan fingerprint density at radius 1 is 0.951 bits per heavy atom. The third-order valence-corrected chi connectivity index (χ3v) is 16.0. The molecule has 6 fully saturated rings. The zero-order chi connectivity index (χ0) is 42.5. The summed E-state index contributed by atoms with van der Waals surface area (Å²) in [5, 5.41) is 5.91. The van der Waals surface area contributed by atoms with E-state index in [0.29, 0.717) is 36.2 Å². The Kier molecular flexibility index (Phi) is 12.0. The number of nitrogens with one attached hydrogen (secondary N) is 2. The number of carbonyl (C=O) groups is 3. The predicted molar refractivity (Wildman–Crippen MR) is 241 cm³/mol. The molecule has 3 aromatic rings. The lowest BCUT2D eigenvalue weighted by Gasteiger charge is -2.61. The minimum Gasteiger partial charge on any atom is -0.371 e. The quantitative estimate of drug-likeness (QED) is 0.184. The number of amides is 2. The molecule has 15 nitrogen and oxygen atoms in total. The average molecular weight is 856 g/mol. The topological polar surface area (TPSA) is 144 Å². The maximum absolute atomic E-state index is 13.6. The van der Waals surface area contributed by atoms with E-state index >= 15 is 0 Å². The number of hydrogen-bond acceptors (Lipinski definition) is 12. The molecule has 2 spiro atoms. The van der Waals surface area contributed by atoms with E-state index in [9.17, 15) is 14.4 Å². The van der Waals surface area contributed by atoms with Crippen LogP contribution in [0, 0.1) is 17.3 Å². The van der Waals surface area contributed by atoms with Gasteiger partial charge in [0, 0.05) is 120 Å².